The average Bonchev–Trinajstić information content (AvgIpc) is 3.07. The number of aryl methyl sites for hydroxylation is 1. The molecule has 5 nitrogen and oxygen atoms in total. The normalized spacial score (nSPS) is 13.6. The molecule has 3 N–H and O–H groups in total. The number of rotatable bonds is 5. The number of halogens is 2. The Balaban J connectivity index is 1.56. The maximum absolute atomic E-state index is 12.7. The second kappa shape index (κ2) is 9.01. The fourth-order valence-corrected chi connectivity index (χ4v) is 5.47. The fraction of sp³-hybridized carbons (Fsp3) is 0.217. The summed E-state index contributed by atoms with van der Waals surface area (Å²) in [4.78, 5) is 28.2. The van der Waals surface area contributed by atoms with Crippen molar-refractivity contribution in [1.82, 2.24) is 4.90 Å². The summed E-state index contributed by atoms with van der Waals surface area (Å²) in [5, 5.41) is 4.64. The molecule has 1 aliphatic rings. The number of fused-ring (bicyclic) bond motifs is 1. The van der Waals surface area contributed by atoms with Gasteiger partial charge in [0.2, 0.25) is 0 Å². The zero-order chi connectivity index (χ0) is 22.1. The van der Waals surface area contributed by atoms with E-state index in [-0.39, 0.29) is 5.91 Å². The molecule has 160 valence electrons. The third kappa shape index (κ3) is 4.77. The van der Waals surface area contributed by atoms with Crippen LogP contribution in [0.15, 0.2) is 42.5 Å². The summed E-state index contributed by atoms with van der Waals surface area (Å²) >= 11 is 13.7. The van der Waals surface area contributed by atoms with Crippen molar-refractivity contribution in [2.24, 2.45) is 5.73 Å². The minimum atomic E-state index is -0.522. The molecular weight excluding hydrogens is 453 g/mol. The van der Waals surface area contributed by atoms with Gasteiger partial charge in [0, 0.05) is 40.1 Å². The molecule has 31 heavy (non-hydrogen) atoms. The average molecular weight is 474 g/mol. The second-order valence-corrected chi connectivity index (χ2v) is 9.54. The largest absolute Gasteiger partial charge is 0.365 e. The second-order valence-electron chi connectivity index (χ2n) is 7.59. The molecule has 0 spiro atoms. The number of nitrogens with two attached hydrogens (primary N) is 1. The lowest BCUT2D eigenvalue weighted by molar-refractivity contribution is 0.0999. The van der Waals surface area contributed by atoms with Crippen LogP contribution in [0.1, 0.15) is 42.3 Å². The topological polar surface area (TPSA) is 75.4 Å². The number of nitrogens with zero attached hydrogens (tertiary/aromatic N) is 1. The van der Waals surface area contributed by atoms with Crippen LogP contribution in [0, 0.1) is 6.92 Å². The van der Waals surface area contributed by atoms with E-state index in [1.165, 1.54) is 11.3 Å². The minimum Gasteiger partial charge on any atom is -0.365 e. The molecule has 2 aromatic carbocycles. The Hall–Kier alpha value is -2.38. The lowest BCUT2D eigenvalue weighted by Gasteiger charge is -2.27. The van der Waals surface area contributed by atoms with Crippen molar-refractivity contribution in [3.05, 3.63) is 85.2 Å². The summed E-state index contributed by atoms with van der Waals surface area (Å²) in [6, 6.07) is 12.8. The van der Waals surface area contributed by atoms with Gasteiger partial charge in [0.25, 0.3) is 11.8 Å². The molecule has 0 atom stereocenters. The molecule has 0 radical (unpaired) electrons. The van der Waals surface area contributed by atoms with Gasteiger partial charge in [0.15, 0.2) is 0 Å². The van der Waals surface area contributed by atoms with E-state index in [0.29, 0.717) is 45.7 Å². The van der Waals surface area contributed by atoms with E-state index in [2.05, 4.69) is 10.2 Å². The van der Waals surface area contributed by atoms with Crippen molar-refractivity contribution in [2.45, 2.75) is 26.4 Å². The molecule has 0 saturated heterocycles. The molecule has 1 aromatic heterocycles. The van der Waals surface area contributed by atoms with E-state index < -0.39 is 5.91 Å². The third-order valence-electron chi connectivity index (χ3n) is 5.33. The van der Waals surface area contributed by atoms with Gasteiger partial charge in [-0.15, -0.1) is 11.3 Å². The Morgan fingerprint density at radius 2 is 1.90 bits per heavy atom. The number of anilines is 1. The number of thiophene rings is 1. The zero-order valence-corrected chi connectivity index (χ0v) is 19.2. The maximum Gasteiger partial charge on any atom is 0.256 e. The molecule has 3 aromatic rings. The number of hydrogen-bond donors (Lipinski definition) is 2. The van der Waals surface area contributed by atoms with Crippen LogP contribution in [-0.4, -0.2) is 23.3 Å². The van der Waals surface area contributed by atoms with E-state index in [9.17, 15) is 9.59 Å². The standard InChI is InChI=1S/C23H21Cl2N3O2S/c1-13-2-4-14(5-3-13)22(30)27-23-20(21(26)29)17-8-9-28(12-19(17)31-23)11-15-6-7-16(24)10-18(15)25/h2-7,10H,8-9,11-12H2,1H3,(H2,26,29)(H,27,30). The van der Waals surface area contributed by atoms with Crippen LogP contribution >= 0.6 is 34.5 Å². The quantitative estimate of drug-likeness (QED) is 0.529. The molecule has 0 saturated carbocycles. The van der Waals surface area contributed by atoms with Gasteiger partial charge in [-0.25, -0.2) is 0 Å². The van der Waals surface area contributed by atoms with Gasteiger partial charge < -0.3 is 11.1 Å². The lowest BCUT2D eigenvalue weighted by atomic mass is 10.0. The monoisotopic (exact) mass is 473 g/mol. The number of carbonyl (C=O) groups is 2. The predicted octanol–water partition coefficient (Wildman–Crippen LogP) is 5.27. The smallest absolute Gasteiger partial charge is 0.256 e. The Morgan fingerprint density at radius 1 is 1.16 bits per heavy atom. The van der Waals surface area contributed by atoms with Crippen molar-refractivity contribution < 1.29 is 9.59 Å². The van der Waals surface area contributed by atoms with E-state index in [4.69, 9.17) is 28.9 Å². The van der Waals surface area contributed by atoms with Crippen LogP contribution in [0.25, 0.3) is 0 Å². The molecule has 1 aliphatic heterocycles. The van der Waals surface area contributed by atoms with Crippen molar-refractivity contribution in [1.29, 1.82) is 0 Å². The molecular formula is C23H21Cl2N3O2S. The highest BCUT2D eigenvalue weighted by molar-refractivity contribution is 7.17. The Morgan fingerprint density at radius 3 is 2.58 bits per heavy atom. The van der Waals surface area contributed by atoms with Crippen LogP contribution < -0.4 is 11.1 Å². The minimum absolute atomic E-state index is 0.258. The number of primary amides is 1. The molecule has 2 amide bonds. The van der Waals surface area contributed by atoms with E-state index >= 15 is 0 Å². The Bertz CT molecular complexity index is 1160. The fourth-order valence-electron chi connectivity index (χ4n) is 3.71. The summed E-state index contributed by atoms with van der Waals surface area (Å²) in [5.41, 5.74) is 9.63. The van der Waals surface area contributed by atoms with Gasteiger partial charge in [0.05, 0.1) is 5.56 Å². The molecule has 0 unspecified atom stereocenters. The first kappa shape index (κ1) is 21.8. The summed E-state index contributed by atoms with van der Waals surface area (Å²) in [6.45, 7) is 4.04. The summed E-state index contributed by atoms with van der Waals surface area (Å²) in [5.74, 6) is -0.781. The molecule has 0 aliphatic carbocycles. The first-order valence-electron chi connectivity index (χ1n) is 9.80. The summed E-state index contributed by atoms with van der Waals surface area (Å²) < 4.78 is 0. The number of amides is 2. The number of hydrogen-bond acceptors (Lipinski definition) is 4. The SMILES string of the molecule is Cc1ccc(C(=O)Nc2sc3c(c2C(N)=O)CCN(Cc2ccc(Cl)cc2Cl)C3)cc1. The third-order valence-corrected chi connectivity index (χ3v) is 7.05. The van der Waals surface area contributed by atoms with Crippen LogP contribution in [0.2, 0.25) is 10.0 Å². The van der Waals surface area contributed by atoms with Gasteiger partial charge in [-0.1, -0.05) is 47.0 Å². The Labute approximate surface area is 194 Å². The van der Waals surface area contributed by atoms with Crippen molar-refractivity contribution >= 4 is 51.4 Å². The van der Waals surface area contributed by atoms with E-state index in [0.717, 1.165) is 28.1 Å². The van der Waals surface area contributed by atoms with Crippen molar-refractivity contribution in [2.75, 3.05) is 11.9 Å². The first-order valence-corrected chi connectivity index (χ1v) is 11.4. The molecule has 8 heteroatoms. The molecule has 2 heterocycles. The summed E-state index contributed by atoms with van der Waals surface area (Å²) in [6.07, 6.45) is 0.676. The van der Waals surface area contributed by atoms with Crippen LogP contribution in [0.3, 0.4) is 0 Å². The number of benzene rings is 2. The molecule has 4 rings (SSSR count). The highest BCUT2D eigenvalue weighted by Crippen LogP contribution is 2.38. The first-order chi connectivity index (χ1) is 14.8. The van der Waals surface area contributed by atoms with Crippen LogP contribution in [0.5, 0.6) is 0 Å². The maximum atomic E-state index is 12.7. The Kier molecular flexibility index (Phi) is 6.34. The van der Waals surface area contributed by atoms with Gasteiger partial charge in [0.1, 0.15) is 5.00 Å². The van der Waals surface area contributed by atoms with Crippen molar-refractivity contribution in [3.8, 4) is 0 Å². The predicted molar refractivity (Wildman–Crippen MR) is 126 cm³/mol. The van der Waals surface area contributed by atoms with Crippen LogP contribution in [0.4, 0.5) is 5.00 Å². The van der Waals surface area contributed by atoms with E-state index in [1.807, 2.05) is 31.2 Å². The van der Waals surface area contributed by atoms with Gasteiger partial charge in [-0.2, -0.15) is 0 Å². The zero-order valence-electron chi connectivity index (χ0n) is 16.9. The van der Waals surface area contributed by atoms with E-state index in [1.54, 1.807) is 18.2 Å². The van der Waals surface area contributed by atoms with Crippen LogP contribution in [-0.2, 0) is 19.5 Å². The lowest BCUT2D eigenvalue weighted by Crippen LogP contribution is -2.30. The number of nitrogens with one attached hydrogen (secondary N) is 1. The van der Waals surface area contributed by atoms with Gasteiger partial charge >= 0.3 is 0 Å². The van der Waals surface area contributed by atoms with Gasteiger partial charge in [-0.05, 0) is 48.7 Å². The summed E-state index contributed by atoms with van der Waals surface area (Å²) in [7, 11) is 0. The highest BCUT2D eigenvalue weighted by atomic mass is 35.5. The molecule has 0 bridgehead atoms. The number of carbonyl (C=O) groups excluding carboxylic acids is 2. The van der Waals surface area contributed by atoms with Crippen molar-refractivity contribution in [3.63, 3.8) is 0 Å². The van der Waals surface area contributed by atoms with Gasteiger partial charge in [-0.3, -0.25) is 14.5 Å². The highest BCUT2D eigenvalue weighted by Gasteiger charge is 2.28. The molecule has 0 fully saturated rings.